The topological polar surface area (TPSA) is 69.0 Å². The number of ether oxygens (including phenoxy) is 3. The minimum Gasteiger partial charge on any atom is -0.454 e. The highest BCUT2D eigenvalue weighted by Gasteiger charge is 2.20. The van der Waals surface area contributed by atoms with E-state index in [0.29, 0.717) is 36.1 Å². The number of hydrogen-bond donors (Lipinski definition) is 2. The molecule has 2 aromatic rings. The lowest BCUT2D eigenvalue weighted by Crippen LogP contribution is -2.36. The molecule has 1 aromatic heterocycles. The van der Waals surface area contributed by atoms with Crippen molar-refractivity contribution < 1.29 is 23.0 Å². The zero-order chi connectivity index (χ0) is 19.2. The van der Waals surface area contributed by atoms with E-state index in [1.54, 1.807) is 6.07 Å². The Morgan fingerprint density at radius 1 is 1.30 bits per heavy atom. The van der Waals surface area contributed by atoms with Crippen LogP contribution in [0.4, 0.5) is 8.78 Å². The van der Waals surface area contributed by atoms with Gasteiger partial charge in [-0.25, -0.2) is 4.99 Å². The molecule has 0 bridgehead atoms. The Hall–Kier alpha value is -2.97. The van der Waals surface area contributed by atoms with E-state index in [9.17, 15) is 8.78 Å². The normalized spacial score (nSPS) is 13.1. The summed E-state index contributed by atoms with van der Waals surface area (Å²) in [6.45, 7) is 0.482. The first-order chi connectivity index (χ1) is 13.0. The van der Waals surface area contributed by atoms with Gasteiger partial charge in [0.05, 0.1) is 6.54 Å². The summed E-state index contributed by atoms with van der Waals surface area (Å²) in [6.07, 6.45) is 3.94. The Morgan fingerprint density at radius 2 is 2.07 bits per heavy atom. The molecule has 0 saturated carbocycles. The van der Waals surface area contributed by atoms with Crippen molar-refractivity contribution in [3.63, 3.8) is 0 Å². The van der Waals surface area contributed by atoms with Crippen LogP contribution >= 0.6 is 0 Å². The second-order valence-corrected chi connectivity index (χ2v) is 5.93. The predicted octanol–water partition coefficient (Wildman–Crippen LogP) is 2.61. The zero-order valence-corrected chi connectivity index (χ0v) is 15.2. The molecule has 0 unspecified atom stereocenters. The van der Waals surface area contributed by atoms with Crippen molar-refractivity contribution in [2.45, 2.75) is 26.6 Å². The third kappa shape index (κ3) is 5.02. The summed E-state index contributed by atoms with van der Waals surface area (Å²) < 4.78 is 42.6. The second kappa shape index (κ2) is 8.61. The number of rotatable bonds is 7. The predicted molar refractivity (Wildman–Crippen MR) is 96.3 cm³/mol. The SMILES string of the molecule is CCNC(=NCc1ccn(C)c1)NCc1cc2c(cc1OC(F)F)OCO2. The molecular weight excluding hydrogens is 358 g/mol. The Kier molecular flexibility index (Phi) is 6.00. The third-order valence-electron chi connectivity index (χ3n) is 3.88. The Bertz CT molecular complexity index is 808. The van der Waals surface area contributed by atoms with Crippen LogP contribution < -0.4 is 24.8 Å². The summed E-state index contributed by atoms with van der Waals surface area (Å²) in [7, 11) is 1.95. The van der Waals surface area contributed by atoms with Gasteiger partial charge < -0.3 is 29.4 Å². The van der Waals surface area contributed by atoms with E-state index >= 15 is 0 Å². The van der Waals surface area contributed by atoms with E-state index in [0.717, 1.165) is 5.56 Å². The van der Waals surface area contributed by atoms with E-state index < -0.39 is 6.61 Å². The molecule has 2 heterocycles. The fraction of sp³-hybridized carbons (Fsp3) is 0.389. The molecule has 9 heteroatoms. The number of aryl methyl sites for hydroxylation is 1. The van der Waals surface area contributed by atoms with Crippen LogP contribution in [-0.2, 0) is 20.1 Å². The fourth-order valence-corrected chi connectivity index (χ4v) is 2.65. The number of hydrogen-bond acceptors (Lipinski definition) is 4. The quantitative estimate of drug-likeness (QED) is 0.571. The molecule has 0 amide bonds. The van der Waals surface area contributed by atoms with E-state index in [1.165, 1.54) is 6.07 Å². The molecule has 27 heavy (non-hydrogen) atoms. The van der Waals surface area contributed by atoms with Crippen molar-refractivity contribution in [2.75, 3.05) is 13.3 Å². The van der Waals surface area contributed by atoms with Crippen molar-refractivity contribution in [3.05, 3.63) is 41.7 Å². The summed E-state index contributed by atoms with van der Waals surface area (Å²) >= 11 is 0. The third-order valence-corrected chi connectivity index (χ3v) is 3.88. The number of halogens is 2. The van der Waals surface area contributed by atoms with E-state index in [2.05, 4.69) is 20.4 Å². The standard InChI is InChI=1S/C18H22F2N4O3/c1-3-21-18(22-8-12-4-5-24(2)10-12)23-9-13-6-15-16(26-11-25-15)7-14(13)27-17(19)20/h4-7,10,17H,3,8-9,11H2,1-2H3,(H2,21,22,23). The molecular formula is C18H22F2N4O3. The average molecular weight is 380 g/mol. The highest BCUT2D eigenvalue weighted by atomic mass is 19.3. The van der Waals surface area contributed by atoms with Crippen LogP contribution in [0.25, 0.3) is 0 Å². The number of nitrogens with one attached hydrogen (secondary N) is 2. The van der Waals surface area contributed by atoms with Gasteiger partial charge in [-0.1, -0.05) is 0 Å². The van der Waals surface area contributed by atoms with Gasteiger partial charge in [0.2, 0.25) is 6.79 Å². The Labute approximate surface area is 155 Å². The maximum Gasteiger partial charge on any atom is 0.387 e. The lowest BCUT2D eigenvalue weighted by atomic mass is 10.1. The monoisotopic (exact) mass is 380 g/mol. The molecule has 0 spiro atoms. The van der Waals surface area contributed by atoms with E-state index in [1.807, 2.05) is 37.0 Å². The fourth-order valence-electron chi connectivity index (χ4n) is 2.65. The number of nitrogens with zero attached hydrogens (tertiary/aromatic N) is 2. The van der Waals surface area contributed by atoms with Crippen LogP contribution in [0.3, 0.4) is 0 Å². The van der Waals surface area contributed by atoms with Crippen LogP contribution in [0.1, 0.15) is 18.1 Å². The number of alkyl halides is 2. The maximum absolute atomic E-state index is 12.7. The number of guanidine groups is 1. The van der Waals surface area contributed by atoms with Gasteiger partial charge in [-0.15, -0.1) is 0 Å². The maximum atomic E-state index is 12.7. The van der Waals surface area contributed by atoms with Gasteiger partial charge in [0.15, 0.2) is 17.5 Å². The molecule has 0 atom stereocenters. The summed E-state index contributed by atoms with van der Waals surface area (Å²) in [4.78, 5) is 4.51. The summed E-state index contributed by atoms with van der Waals surface area (Å²) in [5.74, 6) is 1.50. The van der Waals surface area contributed by atoms with Crippen LogP contribution in [0.5, 0.6) is 17.2 Å². The highest BCUT2D eigenvalue weighted by molar-refractivity contribution is 5.79. The first-order valence-corrected chi connectivity index (χ1v) is 8.55. The summed E-state index contributed by atoms with van der Waals surface area (Å²) in [5, 5.41) is 6.26. The van der Waals surface area contributed by atoms with Gasteiger partial charge >= 0.3 is 6.61 Å². The lowest BCUT2D eigenvalue weighted by Gasteiger charge is -2.15. The molecule has 0 fully saturated rings. The highest BCUT2D eigenvalue weighted by Crippen LogP contribution is 2.38. The van der Waals surface area contributed by atoms with Crippen molar-refractivity contribution in [3.8, 4) is 17.2 Å². The van der Waals surface area contributed by atoms with Gasteiger partial charge in [0.25, 0.3) is 0 Å². The zero-order valence-electron chi connectivity index (χ0n) is 15.2. The molecule has 2 N–H and O–H groups in total. The van der Waals surface area contributed by atoms with Crippen molar-refractivity contribution >= 4 is 5.96 Å². The Balaban J connectivity index is 1.72. The van der Waals surface area contributed by atoms with Crippen LogP contribution in [0.15, 0.2) is 35.6 Å². The van der Waals surface area contributed by atoms with Crippen LogP contribution in [0.2, 0.25) is 0 Å². The number of aliphatic imine (C=N–C) groups is 1. The summed E-state index contributed by atoms with van der Waals surface area (Å²) in [6, 6.07) is 5.03. The smallest absolute Gasteiger partial charge is 0.387 e. The molecule has 1 aliphatic heterocycles. The number of aromatic nitrogens is 1. The van der Waals surface area contributed by atoms with Gasteiger partial charge in [0, 0.05) is 44.2 Å². The van der Waals surface area contributed by atoms with Crippen LogP contribution in [-0.4, -0.2) is 30.5 Å². The van der Waals surface area contributed by atoms with Gasteiger partial charge in [-0.2, -0.15) is 8.78 Å². The van der Waals surface area contributed by atoms with Crippen molar-refractivity contribution in [1.82, 2.24) is 15.2 Å². The summed E-state index contributed by atoms with van der Waals surface area (Å²) in [5.41, 5.74) is 1.59. The number of fused-ring (bicyclic) bond motifs is 1. The molecule has 1 aliphatic rings. The molecule has 0 saturated heterocycles. The van der Waals surface area contributed by atoms with Gasteiger partial charge in [0.1, 0.15) is 5.75 Å². The number of benzene rings is 1. The molecule has 146 valence electrons. The second-order valence-electron chi connectivity index (χ2n) is 5.93. The molecule has 3 rings (SSSR count). The minimum absolute atomic E-state index is 0.0423. The first kappa shape index (κ1) is 18.8. The van der Waals surface area contributed by atoms with Gasteiger partial charge in [-0.3, -0.25) is 0 Å². The average Bonchev–Trinajstić information content (AvgIpc) is 3.25. The Morgan fingerprint density at radius 3 is 2.74 bits per heavy atom. The minimum atomic E-state index is -2.93. The van der Waals surface area contributed by atoms with Gasteiger partial charge in [-0.05, 0) is 24.6 Å². The molecule has 1 aromatic carbocycles. The lowest BCUT2D eigenvalue weighted by molar-refractivity contribution is -0.0505. The largest absolute Gasteiger partial charge is 0.454 e. The van der Waals surface area contributed by atoms with E-state index in [-0.39, 0.29) is 19.1 Å². The van der Waals surface area contributed by atoms with Crippen molar-refractivity contribution in [1.29, 1.82) is 0 Å². The van der Waals surface area contributed by atoms with E-state index in [4.69, 9.17) is 9.47 Å². The van der Waals surface area contributed by atoms with Crippen molar-refractivity contribution in [2.24, 2.45) is 12.0 Å². The molecule has 0 radical (unpaired) electrons. The van der Waals surface area contributed by atoms with Crippen LogP contribution in [0, 0.1) is 0 Å². The molecule has 7 nitrogen and oxygen atoms in total. The molecule has 0 aliphatic carbocycles. The first-order valence-electron chi connectivity index (χ1n) is 8.55.